The van der Waals surface area contributed by atoms with Crippen molar-refractivity contribution in [3.8, 4) is 22.6 Å². The van der Waals surface area contributed by atoms with Gasteiger partial charge >= 0.3 is 0 Å². The van der Waals surface area contributed by atoms with Crippen molar-refractivity contribution in [2.75, 3.05) is 11.5 Å². The summed E-state index contributed by atoms with van der Waals surface area (Å²) in [4.78, 5) is 16.9. The maximum Gasteiger partial charge on any atom is 0.259 e. The van der Waals surface area contributed by atoms with E-state index < -0.39 is 5.41 Å². The minimum absolute atomic E-state index is 0.221. The highest BCUT2D eigenvalue weighted by Crippen LogP contribution is 2.38. The lowest BCUT2D eigenvalue weighted by Crippen LogP contribution is -2.31. The lowest BCUT2D eigenvalue weighted by atomic mass is 9.72. The van der Waals surface area contributed by atoms with Crippen molar-refractivity contribution in [2.45, 2.75) is 26.2 Å². The van der Waals surface area contributed by atoms with E-state index in [1.165, 1.54) is 0 Å². The lowest BCUT2D eigenvalue weighted by molar-refractivity contribution is 0.351. The lowest BCUT2D eigenvalue weighted by Gasteiger charge is -2.31. The summed E-state index contributed by atoms with van der Waals surface area (Å²) in [6.45, 7) is 6.40. The number of rotatable bonds is 5. The van der Waals surface area contributed by atoms with Crippen molar-refractivity contribution in [3.63, 3.8) is 0 Å². The van der Waals surface area contributed by atoms with Crippen LogP contribution in [0.2, 0.25) is 0 Å². The third-order valence-corrected chi connectivity index (χ3v) is 5.57. The predicted octanol–water partition coefficient (Wildman–Crippen LogP) is 3.72. The third kappa shape index (κ3) is 3.47. The van der Waals surface area contributed by atoms with Crippen LogP contribution < -0.4 is 11.5 Å². The Bertz CT molecular complexity index is 1140. The molecule has 3 heterocycles. The van der Waals surface area contributed by atoms with E-state index >= 15 is 0 Å². The number of hydrogen-bond acceptors (Lipinski definition) is 8. The molecule has 1 aromatic carbocycles. The van der Waals surface area contributed by atoms with Crippen molar-refractivity contribution < 1.29 is 4.52 Å². The molecule has 0 aliphatic rings. The van der Waals surface area contributed by atoms with E-state index in [1.54, 1.807) is 24.7 Å². The average Bonchev–Trinajstić information content (AvgIpc) is 3.25. The van der Waals surface area contributed by atoms with Gasteiger partial charge in [0.05, 0.1) is 11.0 Å². The second-order valence-corrected chi connectivity index (χ2v) is 7.66. The number of anilines is 2. The zero-order valence-corrected chi connectivity index (χ0v) is 17.1. The average molecular weight is 401 g/mol. The van der Waals surface area contributed by atoms with E-state index in [1.807, 2.05) is 18.2 Å². The van der Waals surface area contributed by atoms with Gasteiger partial charge in [-0.1, -0.05) is 43.3 Å². The molecule has 0 radical (unpaired) electrons. The largest absolute Gasteiger partial charge is 0.384 e. The summed E-state index contributed by atoms with van der Waals surface area (Å²) < 4.78 is 5.54. The first-order valence-corrected chi connectivity index (χ1v) is 9.62. The molecule has 0 aliphatic heterocycles. The quantitative estimate of drug-likeness (QED) is 0.517. The minimum Gasteiger partial charge on any atom is -0.384 e. The van der Waals surface area contributed by atoms with Crippen LogP contribution in [0.4, 0.5) is 11.8 Å². The number of hydrogen-bond donors (Lipinski definition) is 2. The Morgan fingerprint density at radius 2 is 1.47 bits per heavy atom. The van der Waals surface area contributed by atoms with E-state index in [0.717, 1.165) is 22.3 Å². The Morgan fingerprint density at radius 1 is 0.833 bits per heavy atom. The van der Waals surface area contributed by atoms with E-state index in [0.29, 0.717) is 17.5 Å². The van der Waals surface area contributed by atoms with Gasteiger partial charge in [-0.15, -0.1) is 0 Å². The van der Waals surface area contributed by atoms with Gasteiger partial charge in [-0.05, 0) is 36.1 Å². The van der Waals surface area contributed by atoms with Crippen LogP contribution in [0.15, 0.2) is 59.5 Å². The summed E-state index contributed by atoms with van der Waals surface area (Å²) in [5.41, 5.74) is 14.5. The fourth-order valence-electron chi connectivity index (χ4n) is 3.30. The second-order valence-electron chi connectivity index (χ2n) is 7.66. The summed E-state index contributed by atoms with van der Waals surface area (Å²) in [5.74, 6) is 1.95. The summed E-state index contributed by atoms with van der Waals surface area (Å²) in [5, 5.41) is 4.30. The Hall–Kier alpha value is -3.81. The molecular formula is C22H23N7O. The SMILES string of the molecule is CC(C)C(C)(c1ccc(-c2cnc(N)nc2)cc1)c1noc(-c2ccc(N)nc2)n1. The Labute approximate surface area is 174 Å². The Morgan fingerprint density at radius 3 is 2.07 bits per heavy atom. The van der Waals surface area contributed by atoms with Crippen LogP contribution in [0.1, 0.15) is 32.2 Å². The molecule has 0 bridgehead atoms. The highest BCUT2D eigenvalue weighted by Gasteiger charge is 2.37. The smallest absolute Gasteiger partial charge is 0.259 e. The molecule has 0 fully saturated rings. The van der Waals surface area contributed by atoms with Crippen molar-refractivity contribution in [3.05, 3.63) is 66.4 Å². The molecule has 0 spiro atoms. The van der Waals surface area contributed by atoms with E-state index in [4.69, 9.17) is 16.0 Å². The van der Waals surface area contributed by atoms with Gasteiger partial charge in [-0.3, -0.25) is 0 Å². The van der Waals surface area contributed by atoms with Gasteiger partial charge in [0.15, 0.2) is 5.82 Å². The number of aromatic nitrogens is 5. The van der Waals surface area contributed by atoms with Crippen molar-refractivity contribution in [1.29, 1.82) is 0 Å². The van der Waals surface area contributed by atoms with Crippen LogP contribution in [0, 0.1) is 5.92 Å². The van der Waals surface area contributed by atoms with Crippen LogP contribution in [0.3, 0.4) is 0 Å². The van der Waals surface area contributed by atoms with E-state index in [-0.39, 0.29) is 11.9 Å². The van der Waals surface area contributed by atoms with E-state index in [9.17, 15) is 0 Å². The van der Waals surface area contributed by atoms with Gasteiger partial charge in [0, 0.05) is 24.2 Å². The number of nitrogens with two attached hydrogens (primary N) is 2. The van der Waals surface area contributed by atoms with Crippen molar-refractivity contribution >= 4 is 11.8 Å². The first kappa shape index (κ1) is 19.5. The fourth-order valence-corrected chi connectivity index (χ4v) is 3.30. The first-order chi connectivity index (χ1) is 14.4. The molecule has 8 heteroatoms. The van der Waals surface area contributed by atoms with Gasteiger partial charge < -0.3 is 16.0 Å². The van der Waals surface area contributed by atoms with Crippen LogP contribution in [-0.2, 0) is 5.41 Å². The minimum atomic E-state index is -0.445. The predicted molar refractivity (Wildman–Crippen MR) is 115 cm³/mol. The molecule has 30 heavy (non-hydrogen) atoms. The highest BCUT2D eigenvalue weighted by molar-refractivity contribution is 5.63. The summed E-state index contributed by atoms with van der Waals surface area (Å²) >= 11 is 0. The molecule has 1 atom stereocenters. The van der Waals surface area contributed by atoms with Gasteiger partial charge in [0.2, 0.25) is 5.95 Å². The van der Waals surface area contributed by atoms with Crippen LogP contribution in [0.5, 0.6) is 0 Å². The van der Waals surface area contributed by atoms with E-state index in [2.05, 4.69) is 58.0 Å². The third-order valence-electron chi connectivity index (χ3n) is 5.57. The second kappa shape index (κ2) is 7.55. The van der Waals surface area contributed by atoms with Gasteiger partial charge in [-0.25, -0.2) is 15.0 Å². The highest BCUT2D eigenvalue weighted by atomic mass is 16.5. The van der Waals surface area contributed by atoms with Gasteiger partial charge in [-0.2, -0.15) is 4.98 Å². The molecular weight excluding hydrogens is 378 g/mol. The Kier molecular flexibility index (Phi) is 4.91. The molecule has 0 saturated heterocycles. The standard InChI is InChI=1S/C22H23N7O/c1-13(2)22(3,20-28-19(30-29-20)15-6-9-18(23)25-10-15)17-7-4-14(5-8-17)16-11-26-21(24)27-12-16/h4-13H,1-3H3,(H2,23,25)(H2,24,26,27). The molecule has 4 aromatic rings. The molecule has 152 valence electrons. The zero-order chi connectivity index (χ0) is 21.3. The topological polar surface area (TPSA) is 130 Å². The molecule has 3 aromatic heterocycles. The molecule has 0 aliphatic carbocycles. The maximum absolute atomic E-state index is 5.66. The monoisotopic (exact) mass is 401 g/mol. The van der Waals surface area contributed by atoms with Gasteiger partial charge in [0.25, 0.3) is 5.89 Å². The number of pyridine rings is 1. The number of benzene rings is 1. The normalized spacial score (nSPS) is 13.3. The van der Waals surface area contributed by atoms with Crippen LogP contribution in [0.25, 0.3) is 22.6 Å². The first-order valence-electron chi connectivity index (χ1n) is 9.62. The molecule has 1 unspecified atom stereocenters. The molecule has 8 nitrogen and oxygen atoms in total. The van der Waals surface area contributed by atoms with Crippen molar-refractivity contribution in [2.24, 2.45) is 5.92 Å². The fraction of sp³-hybridized carbons (Fsp3) is 0.227. The zero-order valence-electron chi connectivity index (χ0n) is 17.1. The Balaban J connectivity index is 1.69. The number of nitrogen functional groups attached to an aromatic ring is 2. The van der Waals surface area contributed by atoms with Gasteiger partial charge in [0.1, 0.15) is 5.82 Å². The summed E-state index contributed by atoms with van der Waals surface area (Å²) in [7, 11) is 0. The molecule has 0 amide bonds. The number of nitrogens with zero attached hydrogens (tertiary/aromatic N) is 5. The summed E-state index contributed by atoms with van der Waals surface area (Å²) in [6, 6.07) is 11.8. The van der Waals surface area contributed by atoms with Crippen molar-refractivity contribution in [1.82, 2.24) is 25.1 Å². The molecule has 0 saturated carbocycles. The maximum atomic E-state index is 5.66. The molecule has 4 rings (SSSR count). The molecule has 4 N–H and O–H groups in total. The summed E-state index contributed by atoms with van der Waals surface area (Å²) in [6.07, 6.45) is 5.05. The van der Waals surface area contributed by atoms with Crippen LogP contribution >= 0.6 is 0 Å². The van der Waals surface area contributed by atoms with Crippen LogP contribution in [-0.4, -0.2) is 25.1 Å².